The maximum atomic E-state index is 8.93. The summed E-state index contributed by atoms with van der Waals surface area (Å²) < 4.78 is 0. The van der Waals surface area contributed by atoms with Crippen LogP contribution in [0.3, 0.4) is 0 Å². The molecular weight excluding hydrogens is 152 g/mol. The van der Waals surface area contributed by atoms with Crippen molar-refractivity contribution in [1.29, 1.82) is 0 Å². The normalized spacial score (nSPS) is 15.5. The fourth-order valence-electron chi connectivity index (χ4n) is 0.658. The molecule has 0 spiro atoms. The Morgan fingerprint density at radius 2 is 1.64 bits per heavy atom. The van der Waals surface area contributed by atoms with Crippen molar-refractivity contribution in [1.82, 2.24) is 0 Å². The first-order valence-electron chi connectivity index (χ1n) is 3.41. The summed E-state index contributed by atoms with van der Waals surface area (Å²) in [5, 5.41) is 43.3. The third-order valence-electron chi connectivity index (χ3n) is 1.43. The van der Waals surface area contributed by atoms with Gasteiger partial charge in [-0.3, -0.25) is 0 Å². The maximum absolute atomic E-state index is 8.93. The van der Waals surface area contributed by atoms with Crippen LogP contribution in [-0.2, 0) is 0 Å². The lowest BCUT2D eigenvalue weighted by atomic mass is 10.1. The highest BCUT2D eigenvalue weighted by atomic mass is 16.6. The molecule has 68 valence electrons. The molecule has 0 aromatic heterocycles. The second-order valence-electron chi connectivity index (χ2n) is 2.46. The molecule has 0 aromatic rings. The third-order valence-corrected chi connectivity index (χ3v) is 1.43. The number of rotatable bonds is 4. The van der Waals surface area contributed by atoms with Crippen molar-refractivity contribution in [3.8, 4) is 0 Å². The fraction of sp³-hybridized carbons (Fsp3) is 1.00. The van der Waals surface area contributed by atoms with Crippen LogP contribution in [0.15, 0.2) is 0 Å². The highest BCUT2D eigenvalue weighted by Gasteiger charge is 2.39. The lowest BCUT2D eigenvalue weighted by molar-refractivity contribution is -0.326. The van der Waals surface area contributed by atoms with E-state index in [1.807, 2.05) is 0 Å². The summed E-state index contributed by atoms with van der Waals surface area (Å²) in [7, 11) is 0. The molecule has 5 N–H and O–H groups in total. The fourth-order valence-corrected chi connectivity index (χ4v) is 0.658. The SMILES string of the molecule is CCCC(O)C(O)(O)C(O)O. The molecule has 11 heavy (non-hydrogen) atoms. The molecule has 0 aromatic carbocycles. The van der Waals surface area contributed by atoms with E-state index in [-0.39, 0.29) is 6.42 Å². The summed E-state index contributed by atoms with van der Waals surface area (Å²) in [5.74, 6) is -2.82. The van der Waals surface area contributed by atoms with Gasteiger partial charge in [0.15, 0.2) is 0 Å². The first-order valence-corrected chi connectivity index (χ1v) is 3.41. The first kappa shape index (κ1) is 10.8. The number of hydrogen-bond donors (Lipinski definition) is 5. The number of aliphatic hydroxyl groups is 5. The van der Waals surface area contributed by atoms with E-state index in [4.69, 9.17) is 25.5 Å². The van der Waals surface area contributed by atoms with E-state index >= 15 is 0 Å². The van der Waals surface area contributed by atoms with Crippen molar-refractivity contribution in [3.63, 3.8) is 0 Å². The number of hydrogen-bond acceptors (Lipinski definition) is 5. The Labute approximate surface area is 64.5 Å². The Bertz CT molecular complexity index is 112. The Balaban J connectivity index is 4.05. The van der Waals surface area contributed by atoms with E-state index in [0.29, 0.717) is 6.42 Å². The Hall–Kier alpha value is -0.200. The quantitative estimate of drug-likeness (QED) is 0.315. The van der Waals surface area contributed by atoms with Crippen LogP contribution >= 0.6 is 0 Å². The van der Waals surface area contributed by atoms with E-state index < -0.39 is 18.2 Å². The van der Waals surface area contributed by atoms with Gasteiger partial charge < -0.3 is 25.5 Å². The van der Waals surface area contributed by atoms with Gasteiger partial charge in [-0.25, -0.2) is 0 Å². The zero-order chi connectivity index (χ0) is 9.07. The van der Waals surface area contributed by atoms with Crippen molar-refractivity contribution in [3.05, 3.63) is 0 Å². The number of aliphatic hydroxyl groups excluding tert-OH is 2. The molecule has 0 saturated heterocycles. The summed E-state index contributed by atoms with van der Waals surface area (Å²) in [6, 6.07) is 0. The molecule has 5 heteroatoms. The summed E-state index contributed by atoms with van der Waals surface area (Å²) in [5.41, 5.74) is 0. The molecular formula is C6H14O5. The Morgan fingerprint density at radius 1 is 1.18 bits per heavy atom. The van der Waals surface area contributed by atoms with Gasteiger partial charge >= 0.3 is 0 Å². The second kappa shape index (κ2) is 3.99. The largest absolute Gasteiger partial charge is 0.387 e. The first-order chi connectivity index (χ1) is 4.92. The highest BCUT2D eigenvalue weighted by molar-refractivity contribution is 4.76. The third kappa shape index (κ3) is 2.72. The van der Waals surface area contributed by atoms with Crippen LogP contribution in [0.1, 0.15) is 19.8 Å². The van der Waals surface area contributed by atoms with Crippen molar-refractivity contribution < 1.29 is 25.5 Å². The smallest absolute Gasteiger partial charge is 0.242 e. The minimum absolute atomic E-state index is 0.102. The van der Waals surface area contributed by atoms with E-state index in [9.17, 15) is 0 Å². The van der Waals surface area contributed by atoms with Crippen molar-refractivity contribution >= 4 is 0 Å². The topological polar surface area (TPSA) is 101 Å². The van der Waals surface area contributed by atoms with Crippen molar-refractivity contribution in [2.75, 3.05) is 0 Å². The van der Waals surface area contributed by atoms with E-state index in [2.05, 4.69) is 0 Å². The molecule has 0 fully saturated rings. The molecule has 0 aliphatic carbocycles. The maximum Gasteiger partial charge on any atom is 0.242 e. The summed E-state index contributed by atoms with van der Waals surface area (Å²) >= 11 is 0. The zero-order valence-corrected chi connectivity index (χ0v) is 6.30. The lowest BCUT2D eigenvalue weighted by Crippen LogP contribution is -2.52. The van der Waals surface area contributed by atoms with Gasteiger partial charge in [-0.2, -0.15) is 0 Å². The van der Waals surface area contributed by atoms with Crippen molar-refractivity contribution in [2.45, 2.75) is 37.9 Å². The molecule has 0 aliphatic rings. The average Bonchev–Trinajstić information content (AvgIpc) is 1.88. The molecule has 1 unspecified atom stereocenters. The van der Waals surface area contributed by atoms with Gasteiger partial charge in [-0.15, -0.1) is 0 Å². The van der Waals surface area contributed by atoms with Crippen LogP contribution in [0.2, 0.25) is 0 Å². The summed E-state index contributed by atoms with van der Waals surface area (Å²) in [4.78, 5) is 0. The average molecular weight is 166 g/mol. The van der Waals surface area contributed by atoms with Gasteiger partial charge in [0.2, 0.25) is 12.1 Å². The van der Waals surface area contributed by atoms with Crippen LogP contribution < -0.4 is 0 Å². The standard InChI is InChI=1S/C6H14O5/c1-2-3-4(7)6(10,11)5(8)9/h4-5,7-11H,2-3H2,1H3. The van der Waals surface area contributed by atoms with Gasteiger partial charge in [0.1, 0.15) is 6.10 Å². The lowest BCUT2D eigenvalue weighted by Gasteiger charge is -2.28. The molecule has 0 amide bonds. The predicted molar refractivity (Wildman–Crippen MR) is 36.3 cm³/mol. The molecule has 0 saturated carbocycles. The Kier molecular flexibility index (Phi) is 3.91. The second-order valence-corrected chi connectivity index (χ2v) is 2.46. The van der Waals surface area contributed by atoms with Crippen LogP contribution in [0.5, 0.6) is 0 Å². The molecule has 1 atom stereocenters. The van der Waals surface area contributed by atoms with E-state index in [1.54, 1.807) is 6.92 Å². The molecule has 0 heterocycles. The minimum atomic E-state index is -2.82. The highest BCUT2D eigenvalue weighted by Crippen LogP contribution is 2.14. The molecule has 5 nitrogen and oxygen atoms in total. The van der Waals surface area contributed by atoms with Crippen LogP contribution in [0, 0.1) is 0 Å². The van der Waals surface area contributed by atoms with Crippen LogP contribution in [-0.4, -0.2) is 43.7 Å². The van der Waals surface area contributed by atoms with Gasteiger partial charge in [0, 0.05) is 0 Å². The minimum Gasteiger partial charge on any atom is -0.387 e. The summed E-state index contributed by atoms with van der Waals surface area (Å²) in [6.07, 6.45) is -3.25. The molecule has 0 rings (SSSR count). The monoisotopic (exact) mass is 166 g/mol. The van der Waals surface area contributed by atoms with E-state index in [1.165, 1.54) is 0 Å². The Morgan fingerprint density at radius 3 is 1.91 bits per heavy atom. The zero-order valence-electron chi connectivity index (χ0n) is 6.30. The van der Waals surface area contributed by atoms with Crippen molar-refractivity contribution in [2.24, 2.45) is 0 Å². The predicted octanol–water partition coefficient (Wildman–Crippen LogP) is -1.86. The molecule has 0 radical (unpaired) electrons. The van der Waals surface area contributed by atoms with Gasteiger partial charge in [-0.1, -0.05) is 13.3 Å². The van der Waals surface area contributed by atoms with Crippen LogP contribution in [0.25, 0.3) is 0 Å². The van der Waals surface area contributed by atoms with Gasteiger partial charge in [0.05, 0.1) is 0 Å². The van der Waals surface area contributed by atoms with Gasteiger partial charge in [0.25, 0.3) is 0 Å². The summed E-state index contributed by atoms with van der Waals surface area (Å²) in [6.45, 7) is 1.73. The molecule has 0 aliphatic heterocycles. The van der Waals surface area contributed by atoms with E-state index in [0.717, 1.165) is 0 Å². The van der Waals surface area contributed by atoms with Crippen LogP contribution in [0.4, 0.5) is 0 Å². The van der Waals surface area contributed by atoms with Gasteiger partial charge in [-0.05, 0) is 6.42 Å². The molecule has 0 bridgehead atoms.